The molecule has 0 aliphatic carbocycles. The van der Waals surface area contributed by atoms with E-state index in [9.17, 15) is 9.59 Å². The van der Waals surface area contributed by atoms with E-state index in [0.717, 1.165) is 13.2 Å². The molecule has 4 nitrogen and oxygen atoms in total. The summed E-state index contributed by atoms with van der Waals surface area (Å²) >= 11 is 0. The molecule has 1 aromatic rings. The number of ether oxygens (including phenoxy) is 1. The highest BCUT2D eigenvalue weighted by Gasteiger charge is 2.25. The molecule has 1 aromatic carbocycles. The van der Waals surface area contributed by atoms with Crippen LogP contribution in [0, 0.1) is 0 Å². The summed E-state index contributed by atoms with van der Waals surface area (Å²) in [6, 6.07) is 6.74. The normalized spacial score (nSPS) is 17.5. The summed E-state index contributed by atoms with van der Waals surface area (Å²) in [5, 5.41) is 2.20. The van der Waals surface area contributed by atoms with Gasteiger partial charge in [-0.25, -0.2) is 0 Å². The van der Waals surface area contributed by atoms with Crippen molar-refractivity contribution in [1.29, 1.82) is 0 Å². The molecular formula is C12H13NO3. The van der Waals surface area contributed by atoms with Crippen molar-refractivity contribution in [3.05, 3.63) is 35.4 Å². The lowest BCUT2D eigenvalue weighted by molar-refractivity contribution is 0.0879. The van der Waals surface area contributed by atoms with Gasteiger partial charge in [-0.1, -0.05) is 12.1 Å². The number of nitrogens with one attached hydrogen (secondary N) is 1. The number of rotatable bonds is 0. The van der Waals surface area contributed by atoms with E-state index in [1.807, 2.05) is 0 Å². The number of hydrogen-bond acceptors (Lipinski definition) is 3. The number of hydrogen-bond donors (Lipinski definition) is 1. The van der Waals surface area contributed by atoms with Gasteiger partial charge in [0.1, 0.15) is 0 Å². The summed E-state index contributed by atoms with van der Waals surface area (Å²) < 4.78 is 4.94. The Kier molecular flexibility index (Phi) is 3.31. The molecule has 84 valence electrons. The van der Waals surface area contributed by atoms with Crippen LogP contribution in [-0.4, -0.2) is 25.0 Å². The van der Waals surface area contributed by atoms with E-state index < -0.39 is 0 Å². The second-order valence-corrected chi connectivity index (χ2v) is 3.65. The molecule has 2 aliphatic heterocycles. The zero-order chi connectivity index (χ0) is 11.4. The molecule has 1 fully saturated rings. The van der Waals surface area contributed by atoms with Crippen LogP contribution in [0.1, 0.15) is 33.6 Å². The van der Waals surface area contributed by atoms with Gasteiger partial charge in [-0.05, 0) is 25.0 Å². The van der Waals surface area contributed by atoms with Gasteiger partial charge < -0.3 is 4.74 Å². The summed E-state index contributed by atoms with van der Waals surface area (Å²) in [5.41, 5.74) is 0.940. The zero-order valence-electron chi connectivity index (χ0n) is 8.86. The topological polar surface area (TPSA) is 55.4 Å². The predicted octanol–water partition coefficient (Wildman–Crippen LogP) is 1.37. The fraction of sp³-hybridized carbons (Fsp3) is 0.333. The smallest absolute Gasteiger partial charge is 0.258 e. The minimum Gasteiger partial charge on any atom is -0.381 e. The van der Waals surface area contributed by atoms with Crippen LogP contribution in [0.5, 0.6) is 0 Å². The Labute approximate surface area is 93.6 Å². The van der Waals surface area contributed by atoms with E-state index in [1.54, 1.807) is 24.3 Å². The summed E-state index contributed by atoms with van der Waals surface area (Å²) in [7, 11) is 0. The van der Waals surface area contributed by atoms with Crippen molar-refractivity contribution in [2.45, 2.75) is 12.8 Å². The molecule has 2 heterocycles. The first-order valence-corrected chi connectivity index (χ1v) is 5.31. The van der Waals surface area contributed by atoms with Crippen molar-refractivity contribution in [1.82, 2.24) is 5.32 Å². The SMILES string of the molecule is C1CCOC1.O=C1NC(=O)c2ccccc21. The third-order valence-electron chi connectivity index (χ3n) is 2.47. The molecule has 1 N–H and O–H groups in total. The first kappa shape index (κ1) is 10.8. The third-order valence-corrected chi connectivity index (χ3v) is 2.47. The first-order chi connectivity index (χ1) is 7.79. The maximum absolute atomic E-state index is 10.9. The van der Waals surface area contributed by atoms with E-state index in [-0.39, 0.29) is 11.8 Å². The Balaban J connectivity index is 0.000000162. The van der Waals surface area contributed by atoms with Crippen molar-refractivity contribution < 1.29 is 14.3 Å². The van der Waals surface area contributed by atoms with Gasteiger partial charge in [0.2, 0.25) is 0 Å². The Morgan fingerprint density at radius 2 is 1.44 bits per heavy atom. The van der Waals surface area contributed by atoms with E-state index in [4.69, 9.17) is 4.74 Å². The maximum atomic E-state index is 10.9. The Bertz CT molecular complexity index is 370. The van der Waals surface area contributed by atoms with Gasteiger partial charge in [0.05, 0.1) is 11.1 Å². The zero-order valence-corrected chi connectivity index (χ0v) is 8.86. The quantitative estimate of drug-likeness (QED) is 0.670. The highest BCUT2D eigenvalue weighted by atomic mass is 16.5. The van der Waals surface area contributed by atoms with Gasteiger partial charge in [-0.2, -0.15) is 0 Å². The first-order valence-electron chi connectivity index (χ1n) is 5.31. The number of amides is 2. The highest BCUT2D eigenvalue weighted by molar-refractivity contribution is 6.21. The summed E-state index contributed by atoms with van der Waals surface area (Å²) in [6.07, 6.45) is 2.56. The van der Waals surface area contributed by atoms with E-state index in [1.165, 1.54) is 12.8 Å². The highest BCUT2D eigenvalue weighted by Crippen LogP contribution is 2.13. The monoisotopic (exact) mass is 219 g/mol. The number of carbonyl (C=O) groups excluding carboxylic acids is 2. The predicted molar refractivity (Wildman–Crippen MR) is 58.3 cm³/mol. The molecule has 0 aromatic heterocycles. The van der Waals surface area contributed by atoms with Gasteiger partial charge in [0.25, 0.3) is 11.8 Å². The second kappa shape index (κ2) is 4.90. The molecule has 4 heteroatoms. The largest absolute Gasteiger partial charge is 0.381 e. The lowest BCUT2D eigenvalue weighted by Gasteiger charge is -1.88. The number of fused-ring (bicyclic) bond motifs is 1. The fourth-order valence-electron chi connectivity index (χ4n) is 1.63. The Morgan fingerprint density at radius 3 is 1.81 bits per heavy atom. The summed E-state index contributed by atoms with van der Waals surface area (Å²) in [6.45, 7) is 2.00. The lowest BCUT2D eigenvalue weighted by atomic mass is 10.1. The van der Waals surface area contributed by atoms with E-state index >= 15 is 0 Å². The third kappa shape index (κ3) is 2.28. The Hall–Kier alpha value is -1.68. The van der Waals surface area contributed by atoms with E-state index in [2.05, 4.69) is 5.32 Å². The molecule has 0 atom stereocenters. The lowest BCUT2D eigenvalue weighted by Crippen LogP contribution is -2.19. The van der Waals surface area contributed by atoms with Crippen molar-refractivity contribution in [3.63, 3.8) is 0 Å². The summed E-state index contributed by atoms with van der Waals surface area (Å²) in [4.78, 5) is 21.9. The van der Waals surface area contributed by atoms with Crippen molar-refractivity contribution >= 4 is 11.8 Å². The number of carbonyl (C=O) groups is 2. The summed E-state index contributed by atoms with van der Waals surface area (Å²) in [5.74, 6) is -0.601. The molecule has 2 amide bonds. The van der Waals surface area contributed by atoms with Crippen LogP contribution in [0.15, 0.2) is 24.3 Å². The average molecular weight is 219 g/mol. The maximum Gasteiger partial charge on any atom is 0.258 e. The Morgan fingerprint density at radius 1 is 0.938 bits per heavy atom. The van der Waals surface area contributed by atoms with Gasteiger partial charge in [-0.15, -0.1) is 0 Å². The van der Waals surface area contributed by atoms with Crippen molar-refractivity contribution in [2.24, 2.45) is 0 Å². The van der Waals surface area contributed by atoms with Crippen LogP contribution < -0.4 is 5.32 Å². The molecule has 1 saturated heterocycles. The number of imide groups is 1. The van der Waals surface area contributed by atoms with Crippen molar-refractivity contribution in [2.75, 3.05) is 13.2 Å². The molecular weight excluding hydrogens is 206 g/mol. The number of benzene rings is 1. The molecule has 0 bridgehead atoms. The van der Waals surface area contributed by atoms with Crippen LogP contribution in [0.2, 0.25) is 0 Å². The molecule has 16 heavy (non-hydrogen) atoms. The minimum atomic E-state index is -0.300. The minimum absolute atomic E-state index is 0.300. The molecule has 0 spiro atoms. The molecule has 0 radical (unpaired) electrons. The van der Waals surface area contributed by atoms with E-state index in [0.29, 0.717) is 11.1 Å². The molecule has 0 saturated carbocycles. The van der Waals surface area contributed by atoms with Crippen LogP contribution in [0.4, 0.5) is 0 Å². The van der Waals surface area contributed by atoms with Crippen molar-refractivity contribution in [3.8, 4) is 0 Å². The van der Waals surface area contributed by atoms with Gasteiger partial charge >= 0.3 is 0 Å². The average Bonchev–Trinajstić information content (AvgIpc) is 2.94. The standard InChI is InChI=1S/C8H5NO2.C4H8O/c10-7-5-3-1-2-4-6(5)8(11)9-7;1-2-4-5-3-1/h1-4H,(H,9,10,11);1-4H2. The fourth-order valence-corrected chi connectivity index (χ4v) is 1.63. The van der Waals surface area contributed by atoms with Crippen LogP contribution in [-0.2, 0) is 4.74 Å². The van der Waals surface area contributed by atoms with Crippen LogP contribution >= 0.6 is 0 Å². The molecule has 2 aliphatic rings. The van der Waals surface area contributed by atoms with Gasteiger partial charge in [0, 0.05) is 13.2 Å². The van der Waals surface area contributed by atoms with Crippen LogP contribution in [0.3, 0.4) is 0 Å². The molecule has 0 unspecified atom stereocenters. The second-order valence-electron chi connectivity index (χ2n) is 3.65. The molecule has 3 rings (SSSR count). The van der Waals surface area contributed by atoms with Crippen LogP contribution in [0.25, 0.3) is 0 Å². The van der Waals surface area contributed by atoms with Gasteiger partial charge in [0.15, 0.2) is 0 Å². The van der Waals surface area contributed by atoms with Gasteiger partial charge in [-0.3, -0.25) is 14.9 Å².